The minimum absolute atomic E-state index is 0.0296. The lowest BCUT2D eigenvalue weighted by atomic mass is 10.0. The lowest BCUT2D eigenvalue weighted by molar-refractivity contribution is -0.137. The maximum atomic E-state index is 12.6. The fraction of sp³-hybridized carbons (Fsp3) is 0.222. The predicted octanol–water partition coefficient (Wildman–Crippen LogP) is 2.56. The topological polar surface area (TPSA) is 92.4 Å². The van der Waals surface area contributed by atoms with Crippen LogP contribution in [0.1, 0.15) is 22.8 Å². The van der Waals surface area contributed by atoms with Crippen LogP contribution in [0.15, 0.2) is 48.5 Å². The molecule has 9 heteroatoms. The van der Waals surface area contributed by atoms with E-state index in [1.165, 1.54) is 0 Å². The van der Waals surface area contributed by atoms with Crippen molar-refractivity contribution in [3.8, 4) is 0 Å². The van der Waals surface area contributed by atoms with E-state index >= 15 is 0 Å². The van der Waals surface area contributed by atoms with Crippen LogP contribution in [0.3, 0.4) is 0 Å². The van der Waals surface area contributed by atoms with Crippen LogP contribution in [0, 0.1) is 3.57 Å². The highest BCUT2D eigenvalue weighted by Crippen LogP contribution is 2.30. The minimum Gasteiger partial charge on any atom is -0.378 e. The summed E-state index contributed by atoms with van der Waals surface area (Å²) in [6.45, 7) is 0. The molecule has 2 aromatic carbocycles. The van der Waals surface area contributed by atoms with Crippen molar-refractivity contribution in [2.24, 2.45) is 5.73 Å². The Morgan fingerprint density at radius 2 is 1.78 bits per heavy atom. The van der Waals surface area contributed by atoms with E-state index in [2.05, 4.69) is 27.9 Å². The van der Waals surface area contributed by atoms with Gasteiger partial charge in [-0.15, -0.1) is 0 Å². The van der Waals surface area contributed by atoms with Crippen LogP contribution >= 0.6 is 22.6 Å². The molecule has 144 valence electrons. The zero-order valence-electron chi connectivity index (χ0n) is 13.8. The van der Waals surface area contributed by atoms with Gasteiger partial charge in [-0.25, -0.2) is 0 Å². The van der Waals surface area contributed by atoms with E-state index in [9.17, 15) is 27.9 Å². The first kappa shape index (κ1) is 21.2. The SMILES string of the molecule is NC(=O)[C@@H](Cc1cccc(I)c1)NC(=O)[C@@H](O)c1ccc(C(F)(F)F)cc1. The van der Waals surface area contributed by atoms with Gasteiger partial charge in [-0.1, -0.05) is 24.3 Å². The van der Waals surface area contributed by atoms with Crippen LogP contribution in [-0.4, -0.2) is 23.0 Å². The number of nitrogens with one attached hydrogen (secondary N) is 1. The molecule has 0 aliphatic carbocycles. The number of aliphatic hydroxyl groups excluding tert-OH is 1. The van der Waals surface area contributed by atoms with E-state index in [0.29, 0.717) is 0 Å². The number of halogens is 4. The van der Waals surface area contributed by atoms with Crippen molar-refractivity contribution in [3.63, 3.8) is 0 Å². The van der Waals surface area contributed by atoms with Gasteiger partial charge in [0.15, 0.2) is 6.10 Å². The maximum Gasteiger partial charge on any atom is 0.416 e. The Hall–Kier alpha value is -2.14. The molecule has 2 atom stereocenters. The minimum atomic E-state index is -4.52. The van der Waals surface area contributed by atoms with E-state index in [1.807, 2.05) is 12.1 Å². The molecule has 0 aliphatic rings. The van der Waals surface area contributed by atoms with Gasteiger partial charge < -0.3 is 16.2 Å². The van der Waals surface area contributed by atoms with E-state index in [-0.39, 0.29) is 12.0 Å². The Bertz CT molecular complexity index is 825. The molecule has 0 saturated heterocycles. The monoisotopic (exact) mass is 492 g/mol. The van der Waals surface area contributed by atoms with Crippen LogP contribution in [-0.2, 0) is 22.2 Å². The molecule has 0 radical (unpaired) electrons. The molecule has 0 bridgehead atoms. The summed E-state index contributed by atoms with van der Waals surface area (Å²) in [7, 11) is 0. The summed E-state index contributed by atoms with van der Waals surface area (Å²) in [6, 6.07) is 9.69. The molecule has 27 heavy (non-hydrogen) atoms. The summed E-state index contributed by atoms with van der Waals surface area (Å²) < 4.78 is 38.7. The van der Waals surface area contributed by atoms with Gasteiger partial charge in [0.25, 0.3) is 5.91 Å². The third kappa shape index (κ3) is 5.93. The summed E-state index contributed by atoms with van der Waals surface area (Å²) in [5.74, 6) is -1.72. The smallest absolute Gasteiger partial charge is 0.378 e. The molecular weight excluding hydrogens is 476 g/mol. The number of hydrogen-bond acceptors (Lipinski definition) is 3. The first-order valence-electron chi connectivity index (χ1n) is 7.77. The van der Waals surface area contributed by atoms with Gasteiger partial charge in [0.1, 0.15) is 6.04 Å². The van der Waals surface area contributed by atoms with Crippen LogP contribution in [0.2, 0.25) is 0 Å². The zero-order valence-corrected chi connectivity index (χ0v) is 16.0. The Kier molecular flexibility index (Phi) is 6.82. The van der Waals surface area contributed by atoms with Crippen molar-refractivity contribution >= 4 is 34.4 Å². The number of carbonyl (C=O) groups excluding carboxylic acids is 2. The van der Waals surface area contributed by atoms with Crippen LogP contribution in [0.4, 0.5) is 13.2 Å². The van der Waals surface area contributed by atoms with Crippen molar-refractivity contribution in [1.82, 2.24) is 5.32 Å². The average molecular weight is 492 g/mol. The fourth-order valence-electron chi connectivity index (χ4n) is 2.38. The van der Waals surface area contributed by atoms with E-state index in [1.54, 1.807) is 12.1 Å². The average Bonchev–Trinajstić information content (AvgIpc) is 2.59. The normalized spacial score (nSPS) is 13.7. The number of benzene rings is 2. The first-order valence-corrected chi connectivity index (χ1v) is 8.85. The molecule has 0 spiro atoms. The fourth-order valence-corrected chi connectivity index (χ4v) is 2.99. The number of rotatable bonds is 6. The summed E-state index contributed by atoms with van der Waals surface area (Å²) in [4.78, 5) is 23.8. The number of nitrogens with two attached hydrogens (primary N) is 1. The highest BCUT2D eigenvalue weighted by atomic mass is 127. The van der Waals surface area contributed by atoms with Gasteiger partial charge in [0.05, 0.1) is 5.56 Å². The molecule has 5 nitrogen and oxygen atoms in total. The van der Waals surface area contributed by atoms with E-state index < -0.39 is 35.7 Å². The molecule has 2 rings (SSSR count). The molecule has 0 fully saturated rings. The molecule has 0 saturated carbocycles. The third-order valence-corrected chi connectivity index (χ3v) is 4.46. The lowest BCUT2D eigenvalue weighted by Gasteiger charge is -2.19. The van der Waals surface area contributed by atoms with E-state index in [4.69, 9.17) is 5.73 Å². The molecule has 0 heterocycles. The second-order valence-electron chi connectivity index (χ2n) is 5.82. The molecule has 2 aromatic rings. The van der Waals surface area contributed by atoms with Gasteiger partial charge in [-0.3, -0.25) is 9.59 Å². The molecule has 2 amide bonds. The molecule has 0 aliphatic heterocycles. The molecule has 0 aromatic heterocycles. The van der Waals surface area contributed by atoms with Crippen molar-refractivity contribution < 1.29 is 27.9 Å². The predicted molar refractivity (Wildman–Crippen MR) is 100 cm³/mol. The Morgan fingerprint density at radius 3 is 2.30 bits per heavy atom. The second kappa shape index (κ2) is 8.70. The van der Waals surface area contributed by atoms with Gasteiger partial charge in [0, 0.05) is 9.99 Å². The zero-order chi connectivity index (χ0) is 20.2. The third-order valence-electron chi connectivity index (χ3n) is 3.79. The van der Waals surface area contributed by atoms with Crippen molar-refractivity contribution in [1.29, 1.82) is 0 Å². The highest BCUT2D eigenvalue weighted by molar-refractivity contribution is 14.1. The standard InChI is InChI=1S/C18H16F3IN2O3/c19-18(20,21)12-6-4-11(5-7-12)15(25)17(27)24-14(16(23)26)9-10-2-1-3-13(22)8-10/h1-8,14-15,25H,9H2,(H2,23,26)(H,24,27)/t14-,15+/m1/s1. The van der Waals surface area contributed by atoms with Crippen LogP contribution < -0.4 is 11.1 Å². The van der Waals surface area contributed by atoms with Gasteiger partial charge in [-0.2, -0.15) is 13.2 Å². The Labute approximate surface area is 166 Å². The number of aliphatic hydroxyl groups is 1. The van der Waals surface area contributed by atoms with Gasteiger partial charge in [-0.05, 0) is 58.0 Å². The Balaban J connectivity index is 2.09. The molecular formula is C18H16F3IN2O3. The molecule has 0 unspecified atom stereocenters. The maximum absolute atomic E-state index is 12.6. The van der Waals surface area contributed by atoms with Crippen LogP contribution in [0.5, 0.6) is 0 Å². The van der Waals surface area contributed by atoms with Gasteiger partial charge in [0.2, 0.25) is 5.91 Å². The number of carbonyl (C=O) groups is 2. The lowest BCUT2D eigenvalue weighted by Crippen LogP contribution is -2.47. The summed E-state index contributed by atoms with van der Waals surface area (Å²) in [5.41, 5.74) is 5.15. The number of amides is 2. The van der Waals surface area contributed by atoms with Crippen molar-refractivity contribution in [2.45, 2.75) is 24.7 Å². The van der Waals surface area contributed by atoms with Crippen molar-refractivity contribution in [2.75, 3.05) is 0 Å². The Morgan fingerprint density at radius 1 is 1.15 bits per heavy atom. The number of primary amides is 1. The number of hydrogen-bond donors (Lipinski definition) is 3. The number of alkyl halides is 3. The van der Waals surface area contributed by atoms with Crippen LogP contribution in [0.25, 0.3) is 0 Å². The summed E-state index contributed by atoms with van der Waals surface area (Å²) in [6.07, 6.45) is -6.13. The highest BCUT2D eigenvalue weighted by Gasteiger charge is 2.31. The summed E-state index contributed by atoms with van der Waals surface area (Å²) >= 11 is 2.10. The van der Waals surface area contributed by atoms with E-state index in [0.717, 1.165) is 33.4 Å². The largest absolute Gasteiger partial charge is 0.416 e. The quantitative estimate of drug-likeness (QED) is 0.542. The molecule has 4 N–H and O–H groups in total. The summed E-state index contributed by atoms with van der Waals surface area (Å²) in [5, 5.41) is 12.4. The second-order valence-corrected chi connectivity index (χ2v) is 7.07. The van der Waals surface area contributed by atoms with Crippen molar-refractivity contribution in [3.05, 3.63) is 68.8 Å². The van der Waals surface area contributed by atoms with Gasteiger partial charge >= 0.3 is 6.18 Å². The first-order chi connectivity index (χ1) is 12.6.